The van der Waals surface area contributed by atoms with Crippen molar-refractivity contribution in [2.24, 2.45) is 0 Å². The summed E-state index contributed by atoms with van der Waals surface area (Å²) in [6.07, 6.45) is 0. The first-order valence-corrected chi connectivity index (χ1v) is 9.61. The fourth-order valence-corrected chi connectivity index (χ4v) is 4.25. The van der Waals surface area contributed by atoms with Gasteiger partial charge >= 0.3 is 0 Å². The first-order chi connectivity index (χ1) is 13.3. The molecule has 1 N–H and O–H groups in total. The highest BCUT2D eigenvalue weighted by Crippen LogP contribution is 2.42. The number of hydrogen-bond donors (Lipinski definition) is 1. The number of benzene rings is 2. The number of carbonyl (C=O) groups excluding carboxylic acids is 1. The minimum Gasteiger partial charge on any atom is -0.493 e. The normalized spacial score (nSPS) is 10.6. The summed E-state index contributed by atoms with van der Waals surface area (Å²) in [5, 5.41) is 2.68. The fourth-order valence-electron chi connectivity index (χ4n) is 2.60. The number of nitrogens with one attached hydrogen (secondary N) is 1. The van der Waals surface area contributed by atoms with Gasteiger partial charge in [-0.15, -0.1) is 0 Å². The monoisotopic (exact) mass is 468 g/mol. The van der Waals surface area contributed by atoms with Crippen molar-refractivity contribution in [3.63, 3.8) is 0 Å². The molecule has 9 heteroatoms. The number of rotatable bonds is 5. The van der Waals surface area contributed by atoms with Crippen LogP contribution in [-0.4, -0.2) is 25.1 Å². The maximum Gasteiger partial charge on any atom is 0.263 e. The van der Waals surface area contributed by atoms with Crippen LogP contribution >= 0.6 is 27.3 Å². The molecule has 0 unspecified atom stereocenters. The molecule has 0 spiro atoms. The smallest absolute Gasteiger partial charge is 0.263 e. The van der Waals surface area contributed by atoms with Gasteiger partial charge in [0.2, 0.25) is 0 Å². The van der Waals surface area contributed by atoms with Gasteiger partial charge in [-0.1, -0.05) is 17.4 Å². The Morgan fingerprint density at radius 2 is 1.75 bits per heavy atom. The van der Waals surface area contributed by atoms with E-state index in [9.17, 15) is 13.6 Å². The van der Waals surface area contributed by atoms with Gasteiger partial charge in [0.1, 0.15) is 17.2 Å². The van der Waals surface area contributed by atoms with Crippen molar-refractivity contribution >= 4 is 38.3 Å². The Balaban J connectivity index is 1.95. The number of thiazole rings is 1. The molecule has 0 atom stereocenters. The van der Waals surface area contributed by atoms with E-state index in [1.165, 1.54) is 31.6 Å². The second kappa shape index (κ2) is 8.24. The quantitative estimate of drug-likeness (QED) is 0.542. The lowest BCUT2D eigenvalue weighted by atomic mass is 10.1. The Bertz CT molecular complexity index is 1040. The molecule has 3 aromatic rings. The molecular weight excluding hydrogens is 454 g/mol. The zero-order valence-corrected chi connectivity index (χ0v) is 17.5. The van der Waals surface area contributed by atoms with Crippen LogP contribution in [0.1, 0.15) is 16.1 Å². The summed E-state index contributed by atoms with van der Waals surface area (Å²) in [4.78, 5) is 17.4. The highest BCUT2D eigenvalue weighted by molar-refractivity contribution is 9.10. The summed E-state index contributed by atoms with van der Waals surface area (Å²) < 4.78 is 39.0. The van der Waals surface area contributed by atoms with Crippen molar-refractivity contribution in [3.05, 3.63) is 57.7 Å². The number of amides is 1. The number of aryl methyl sites for hydroxylation is 1. The van der Waals surface area contributed by atoms with E-state index in [1.807, 2.05) is 0 Å². The highest BCUT2D eigenvalue weighted by atomic mass is 79.9. The number of hydrogen-bond acceptors (Lipinski definition) is 5. The lowest BCUT2D eigenvalue weighted by Crippen LogP contribution is -2.15. The van der Waals surface area contributed by atoms with Gasteiger partial charge in [-0.2, -0.15) is 0 Å². The number of halogens is 3. The van der Waals surface area contributed by atoms with Gasteiger partial charge in [0.25, 0.3) is 5.91 Å². The molecule has 0 aliphatic rings. The molecule has 2 aromatic carbocycles. The number of carbonyl (C=O) groups is 1. The van der Waals surface area contributed by atoms with Crippen LogP contribution in [-0.2, 0) is 0 Å². The number of methoxy groups -OCH3 is 2. The van der Waals surface area contributed by atoms with Crippen molar-refractivity contribution in [2.45, 2.75) is 6.92 Å². The Morgan fingerprint density at radius 3 is 2.36 bits per heavy atom. The molecule has 0 fully saturated rings. The van der Waals surface area contributed by atoms with Crippen LogP contribution in [0.5, 0.6) is 11.5 Å². The van der Waals surface area contributed by atoms with Gasteiger partial charge < -0.3 is 9.47 Å². The van der Waals surface area contributed by atoms with Gasteiger partial charge in [0.15, 0.2) is 16.6 Å². The van der Waals surface area contributed by atoms with Gasteiger partial charge in [-0.3, -0.25) is 10.1 Å². The maximum atomic E-state index is 13.8. The molecule has 0 saturated heterocycles. The van der Waals surface area contributed by atoms with Crippen LogP contribution in [0.15, 0.2) is 34.8 Å². The zero-order valence-electron chi connectivity index (χ0n) is 15.1. The molecule has 146 valence electrons. The molecule has 1 heterocycles. The van der Waals surface area contributed by atoms with E-state index in [0.29, 0.717) is 17.2 Å². The highest BCUT2D eigenvalue weighted by Gasteiger charge is 2.21. The van der Waals surface area contributed by atoms with Crippen molar-refractivity contribution < 1.29 is 23.0 Å². The third kappa shape index (κ3) is 3.85. The maximum absolute atomic E-state index is 13.8. The predicted molar refractivity (Wildman–Crippen MR) is 107 cm³/mol. The van der Waals surface area contributed by atoms with E-state index in [4.69, 9.17) is 9.47 Å². The van der Waals surface area contributed by atoms with Crippen molar-refractivity contribution in [3.8, 4) is 21.9 Å². The minimum absolute atomic E-state index is 0.224. The van der Waals surface area contributed by atoms with E-state index in [2.05, 4.69) is 26.2 Å². The molecule has 5 nitrogen and oxygen atoms in total. The van der Waals surface area contributed by atoms with Crippen molar-refractivity contribution in [1.29, 1.82) is 0 Å². The largest absolute Gasteiger partial charge is 0.493 e. The van der Waals surface area contributed by atoms with Crippen LogP contribution in [0.25, 0.3) is 10.4 Å². The van der Waals surface area contributed by atoms with E-state index in [0.717, 1.165) is 27.0 Å². The van der Waals surface area contributed by atoms with Crippen LogP contribution in [0.2, 0.25) is 0 Å². The molecule has 28 heavy (non-hydrogen) atoms. The predicted octanol–water partition coefficient (Wildman–Crippen LogP) is 5.43. The summed E-state index contributed by atoms with van der Waals surface area (Å²) in [6.45, 7) is 1.77. The molecule has 0 aliphatic carbocycles. The summed E-state index contributed by atoms with van der Waals surface area (Å²) >= 11 is 4.67. The molecule has 1 amide bonds. The number of aromatic nitrogens is 1. The Labute approximate surface area is 172 Å². The summed E-state index contributed by atoms with van der Waals surface area (Å²) in [5.41, 5.74) is 0.775. The third-order valence-corrected chi connectivity index (χ3v) is 5.69. The second-order valence-electron chi connectivity index (χ2n) is 5.67. The number of nitrogens with zero attached hydrogens (tertiary/aromatic N) is 1. The van der Waals surface area contributed by atoms with Crippen LogP contribution in [0.4, 0.5) is 13.9 Å². The van der Waals surface area contributed by atoms with E-state index < -0.39 is 23.1 Å². The average molecular weight is 469 g/mol. The standard InChI is InChI=1S/C19H15BrF2N2O3S/c1-9-17(10-7-14(26-2)15(27-3)8-11(10)20)28-19(23-9)24-18(25)16-12(21)5-4-6-13(16)22/h4-8H,1-3H3,(H,23,24,25). The summed E-state index contributed by atoms with van der Waals surface area (Å²) in [6, 6.07) is 6.79. The van der Waals surface area contributed by atoms with E-state index in [1.54, 1.807) is 19.1 Å². The first-order valence-electron chi connectivity index (χ1n) is 8.00. The SMILES string of the molecule is COc1cc(Br)c(-c2sc(NC(=O)c3c(F)cccc3F)nc2C)cc1OC. The number of anilines is 1. The molecule has 0 bridgehead atoms. The van der Waals surface area contributed by atoms with E-state index in [-0.39, 0.29) is 5.13 Å². The van der Waals surface area contributed by atoms with Gasteiger partial charge in [-0.25, -0.2) is 13.8 Å². The lowest BCUT2D eigenvalue weighted by molar-refractivity contribution is 0.101. The van der Waals surface area contributed by atoms with Gasteiger partial charge in [0.05, 0.1) is 24.8 Å². The molecule has 0 radical (unpaired) electrons. The first kappa shape index (κ1) is 20.2. The topological polar surface area (TPSA) is 60.5 Å². The van der Waals surface area contributed by atoms with E-state index >= 15 is 0 Å². The Hall–Kier alpha value is -2.52. The average Bonchev–Trinajstić information content (AvgIpc) is 3.01. The molecule has 3 rings (SSSR count). The van der Waals surface area contributed by atoms with Gasteiger partial charge in [0, 0.05) is 10.0 Å². The zero-order chi connectivity index (χ0) is 20.4. The summed E-state index contributed by atoms with van der Waals surface area (Å²) in [5.74, 6) is -1.68. The molecule has 1 aromatic heterocycles. The fraction of sp³-hybridized carbons (Fsp3) is 0.158. The molecule has 0 saturated carbocycles. The van der Waals surface area contributed by atoms with Crippen LogP contribution in [0, 0.1) is 18.6 Å². The van der Waals surface area contributed by atoms with Crippen molar-refractivity contribution in [2.75, 3.05) is 19.5 Å². The minimum atomic E-state index is -0.936. The Morgan fingerprint density at radius 1 is 1.14 bits per heavy atom. The van der Waals surface area contributed by atoms with Crippen molar-refractivity contribution in [1.82, 2.24) is 4.98 Å². The van der Waals surface area contributed by atoms with Crippen LogP contribution < -0.4 is 14.8 Å². The molecular formula is C19H15BrF2N2O3S. The van der Waals surface area contributed by atoms with Gasteiger partial charge in [-0.05, 0) is 47.1 Å². The van der Waals surface area contributed by atoms with Crippen LogP contribution in [0.3, 0.4) is 0 Å². The molecule has 0 aliphatic heterocycles. The lowest BCUT2D eigenvalue weighted by Gasteiger charge is -2.11. The Kier molecular flexibility index (Phi) is 5.95. The summed E-state index contributed by atoms with van der Waals surface area (Å²) in [7, 11) is 3.07. The third-order valence-electron chi connectivity index (χ3n) is 3.92. The number of ether oxygens (including phenoxy) is 2. The second-order valence-corrected chi connectivity index (χ2v) is 7.52.